The largest absolute Gasteiger partial charge is 0.460 e. The van der Waals surface area contributed by atoms with E-state index in [-0.39, 0.29) is 12.1 Å². The van der Waals surface area contributed by atoms with Crippen LogP contribution in [0, 0.1) is 11.3 Å². The maximum Gasteiger partial charge on any atom is 0.320 e. The van der Waals surface area contributed by atoms with E-state index in [1.807, 2.05) is 13.0 Å². The molecular weight excluding hydrogens is 230 g/mol. The fraction of sp³-hybridized carbons (Fsp3) is 0.417. The summed E-state index contributed by atoms with van der Waals surface area (Å²) in [6.45, 7) is 4.05. The van der Waals surface area contributed by atoms with Gasteiger partial charge in [-0.25, -0.2) is 0 Å². The molecule has 0 bridgehead atoms. The number of nitrogen functional groups attached to an aromatic ring is 1. The molecule has 0 amide bonds. The second-order valence-electron chi connectivity index (χ2n) is 4.17. The molecule has 3 N–H and O–H groups in total. The van der Waals surface area contributed by atoms with Gasteiger partial charge in [0.05, 0.1) is 11.5 Å². The summed E-state index contributed by atoms with van der Waals surface area (Å²) in [7, 11) is 0. The number of aromatic amines is 1. The average Bonchev–Trinajstić information content (AvgIpc) is 2.72. The van der Waals surface area contributed by atoms with Gasteiger partial charge in [-0.2, -0.15) is 15.2 Å². The smallest absolute Gasteiger partial charge is 0.320 e. The first-order chi connectivity index (χ1) is 8.63. The second-order valence-corrected chi connectivity index (χ2v) is 4.17. The van der Waals surface area contributed by atoms with Crippen molar-refractivity contribution in [3.05, 3.63) is 11.8 Å². The summed E-state index contributed by atoms with van der Waals surface area (Å²) < 4.78 is 5.58. The Balaban J connectivity index is 2.33. The fourth-order valence-electron chi connectivity index (χ4n) is 1.77. The molecule has 2 heterocycles. The molecule has 6 heteroatoms. The van der Waals surface area contributed by atoms with Gasteiger partial charge in [0, 0.05) is 0 Å². The van der Waals surface area contributed by atoms with Crippen molar-refractivity contribution in [2.75, 3.05) is 5.73 Å². The molecule has 2 rings (SSSR count). The number of aromatic nitrogens is 3. The number of hydrogen-bond donors (Lipinski definition) is 2. The Morgan fingerprint density at radius 1 is 1.56 bits per heavy atom. The lowest BCUT2D eigenvalue weighted by Gasteiger charge is -2.11. The van der Waals surface area contributed by atoms with Gasteiger partial charge in [-0.05, 0) is 19.4 Å². The summed E-state index contributed by atoms with van der Waals surface area (Å²) in [6.07, 6.45) is 1.99. The van der Waals surface area contributed by atoms with Crippen LogP contribution in [0.15, 0.2) is 6.07 Å². The molecule has 0 fully saturated rings. The van der Waals surface area contributed by atoms with E-state index in [1.54, 1.807) is 6.07 Å². The van der Waals surface area contributed by atoms with Gasteiger partial charge in [0.2, 0.25) is 0 Å². The molecule has 6 nitrogen and oxygen atoms in total. The normalized spacial score (nSPS) is 12.3. The predicted octanol–water partition coefficient (Wildman–Crippen LogP) is 1.98. The Labute approximate surface area is 105 Å². The first-order valence-electron chi connectivity index (χ1n) is 5.87. The summed E-state index contributed by atoms with van der Waals surface area (Å²) in [5, 5.41) is 9.45. The SMILES string of the molecule is CCC[C@H](C)Oc1nc(N)c2cc(C#N)[nH]c2n1. The Kier molecular flexibility index (Phi) is 3.33. The second kappa shape index (κ2) is 4.92. The highest BCUT2D eigenvalue weighted by atomic mass is 16.5. The van der Waals surface area contributed by atoms with E-state index in [9.17, 15) is 0 Å². The summed E-state index contributed by atoms with van der Waals surface area (Å²) in [4.78, 5) is 11.2. The zero-order chi connectivity index (χ0) is 13.1. The highest BCUT2D eigenvalue weighted by molar-refractivity contribution is 5.87. The van der Waals surface area contributed by atoms with Crippen LogP contribution >= 0.6 is 0 Å². The number of anilines is 1. The minimum absolute atomic E-state index is 0.0391. The zero-order valence-corrected chi connectivity index (χ0v) is 10.4. The van der Waals surface area contributed by atoms with Gasteiger partial charge >= 0.3 is 6.01 Å². The van der Waals surface area contributed by atoms with Crippen LogP contribution in [0.4, 0.5) is 5.82 Å². The van der Waals surface area contributed by atoms with Gasteiger partial charge in [-0.1, -0.05) is 13.3 Å². The maximum atomic E-state index is 8.81. The number of nitriles is 1. The van der Waals surface area contributed by atoms with Crippen LogP contribution in [0.1, 0.15) is 32.4 Å². The maximum absolute atomic E-state index is 8.81. The summed E-state index contributed by atoms with van der Waals surface area (Å²) in [5.41, 5.74) is 6.75. The van der Waals surface area contributed by atoms with Gasteiger partial charge in [-0.15, -0.1) is 0 Å². The molecule has 0 unspecified atom stereocenters. The molecule has 0 saturated carbocycles. The number of nitrogens with one attached hydrogen (secondary N) is 1. The number of ether oxygens (including phenoxy) is 1. The van der Waals surface area contributed by atoms with E-state index >= 15 is 0 Å². The average molecular weight is 245 g/mol. The van der Waals surface area contributed by atoms with Crippen LogP contribution in [-0.4, -0.2) is 21.1 Å². The lowest BCUT2D eigenvalue weighted by molar-refractivity contribution is 0.193. The molecule has 0 aromatic carbocycles. The van der Waals surface area contributed by atoms with Crippen LogP contribution in [0.3, 0.4) is 0 Å². The van der Waals surface area contributed by atoms with Crippen molar-refractivity contribution in [2.45, 2.75) is 32.8 Å². The van der Waals surface area contributed by atoms with E-state index < -0.39 is 0 Å². The number of fused-ring (bicyclic) bond motifs is 1. The number of rotatable bonds is 4. The van der Waals surface area contributed by atoms with Gasteiger partial charge in [0.25, 0.3) is 0 Å². The third kappa shape index (κ3) is 2.35. The molecule has 1 atom stereocenters. The Bertz CT molecular complexity index is 598. The molecule has 0 aliphatic rings. The monoisotopic (exact) mass is 245 g/mol. The number of H-pyrrole nitrogens is 1. The van der Waals surface area contributed by atoms with Crippen molar-refractivity contribution in [3.8, 4) is 12.1 Å². The van der Waals surface area contributed by atoms with Crippen LogP contribution < -0.4 is 10.5 Å². The molecule has 2 aromatic rings. The Morgan fingerprint density at radius 2 is 2.33 bits per heavy atom. The third-order valence-corrected chi connectivity index (χ3v) is 2.62. The number of hydrogen-bond acceptors (Lipinski definition) is 5. The van der Waals surface area contributed by atoms with Crippen LogP contribution in [0.5, 0.6) is 6.01 Å². The minimum atomic E-state index is 0.0391. The standard InChI is InChI=1S/C12H15N5O/c1-3-4-7(2)18-12-16-10(14)9-5-8(6-13)15-11(9)17-12/h5,7H,3-4H2,1-2H3,(H3,14,15,16,17)/t7-/m0/s1. The summed E-state index contributed by atoms with van der Waals surface area (Å²) >= 11 is 0. The quantitative estimate of drug-likeness (QED) is 0.857. The molecule has 0 spiro atoms. The van der Waals surface area contributed by atoms with E-state index in [2.05, 4.69) is 21.9 Å². The topological polar surface area (TPSA) is 101 Å². The first kappa shape index (κ1) is 12.2. The van der Waals surface area contributed by atoms with E-state index in [4.69, 9.17) is 15.7 Å². The van der Waals surface area contributed by atoms with Gasteiger partial charge in [0.1, 0.15) is 23.2 Å². The summed E-state index contributed by atoms with van der Waals surface area (Å²) in [6, 6.07) is 3.88. The van der Waals surface area contributed by atoms with Crippen molar-refractivity contribution in [1.29, 1.82) is 5.26 Å². The van der Waals surface area contributed by atoms with Gasteiger partial charge in [0.15, 0.2) is 0 Å². The van der Waals surface area contributed by atoms with Crippen LogP contribution in [0.2, 0.25) is 0 Å². The molecular formula is C12H15N5O. The van der Waals surface area contributed by atoms with E-state index in [1.165, 1.54) is 0 Å². The van der Waals surface area contributed by atoms with Crippen molar-refractivity contribution in [2.24, 2.45) is 0 Å². The van der Waals surface area contributed by atoms with E-state index in [0.29, 0.717) is 22.5 Å². The van der Waals surface area contributed by atoms with Crippen molar-refractivity contribution in [3.63, 3.8) is 0 Å². The molecule has 0 radical (unpaired) electrons. The molecule has 0 aliphatic heterocycles. The molecule has 94 valence electrons. The van der Waals surface area contributed by atoms with Crippen LogP contribution in [-0.2, 0) is 0 Å². The zero-order valence-electron chi connectivity index (χ0n) is 10.4. The molecule has 18 heavy (non-hydrogen) atoms. The molecule has 0 saturated heterocycles. The summed E-state index contributed by atoms with van der Waals surface area (Å²) in [5.74, 6) is 0.316. The van der Waals surface area contributed by atoms with E-state index in [0.717, 1.165) is 12.8 Å². The lowest BCUT2D eigenvalue weighted by atomic mass is 10.2. The van der Waals surface area contributed by atoms with Crippen LogP contribution in [0.25, 0.3) is 11.0 Å². The highest BCUT2D eigenvalue weighted by Gasteiger charge is 2.11. The lowest BCUT2D eigenvalue weighted by Crippen LogP contribution is -2.13. The Morgan fingerprint density at radius 3 is 3.00 bits per heavy atom. The van der Waals surface area contributed by atoms with Gasteiger partial charge in [-0.3, -0.25) is 0 Å². The molecule has 0 aliphatic carbocycles. The predicted molar refractivity (Wildman–Crippen MR) is 68.0 cm³/mol. The number of nitrogens with two attached hydrogens (primary N) is 1. The minimum Gasteiger partial charge on any atom is -0.460 e. The molecule has 2 aromatic heterocycles. The number of nitrogens with zero attached hydrogens (tertiary/aromatic N) is 3. The fourth-order valence-corrected chi connectivity index (χ4v) is 1.77. The van der Waals surface area contributed by atoms with Gasteiger partial charge < -0.3 is 15.5 Å². The van der Waals surface area contributed by atoms with Crippen molar-refractivity contribution in [1.82, 2.24) is 15.0 Å². The van der Waals surface area contributed by atoms with Crippen molar-refractivity contribution >= 4 is 16.9 Å². The van der Waals surface area contributed by atoms with Crippen molar-refractivity contribution < 1.29 is 4.74 Å². The first-order valence-corrected chi connectivity index (χ1v) is 5.87. The highest BCUT2D eigenvalue weighted by Crippen LogP contribution is 2.21. The Hall–Kier alpha value is -2.29. The third-order valence-electron chi connectivity index (χ3n) is 2.62.